The van der Waals surface area contributed by atoms with Crippen LogP contribution in [0.15, 0.2) is 12.4 Å². The van der Waals surface area contributed by atoms with Gasteiger partial charge >= 0.3 is 0 Å². The molecule has 0 aromatic carbocycles. The van der Waals surface area contributed by atoms with Gasteiger partial charge in [-0.15, -0.1) is 11.6 Å². The molecular formula is C9H14ClN3O. The highest BCUT2D eigenvalue weighted by atomic mass is 35.5. The van der Waals surface area contributed by atoms with Crippen molar-refractivity contribution in [3.63, 3.8) is 0 Å². The van der Waals surface area contributed by atoms with E-state index >= 15 is 0 Å². The standard InChI is InChI=1S/C9H14ClN3O/c1-7(2)5-13-6-8(4-11-13)12-9(14)3-10/h4,6-7H,3,5H2,1-2H3,(H,12,14). The van der Waals surface area contributed by atoms with E-state index < -0.39 is 0 Å². The summed E-state index contributed by atoms with van der Waals surface area (Å²) in [5.41, 5.74) is 0.691. The van der Waals surface area contributed by atoms with Crippen LogP contribution in [0.2, 0.25) is 0 Å². The second kappa shape index (κ2) is 5.00. The van der Waals surface area contributed by atoms with Gasteiger partial charge in [-0.2, -0.15) is 5.10 Å². The van der Waals surface area contributed by atoms with E-state index in [9.17, 15) is 4.79 Å². The highest BCUT2D eigenvalue weighted by Crippen LogP contribution is 2.06. The number of amides is 1. The SMILES string of the molecule is CC(C)Cn1cc(NC(=O)CCl)cn1. The fraction of sp³-hybridized carbons (Fsp3) is 0.556. The summed E-state index contributed by atoms with van der Waals surface area (Å²) in [6.07, 6.45) is 3.41. The summed E-state index contributed by atoms with van der Waals surface area (Å²) in [6, 6.07) is 0. The van der Waals surface area contributed by atoms with Gasteiger partial charge in [-0.05, 0) is 5.92 Å². The summed E-state index contributed by atoms with van der Waals surface area (Å²) >= 11 is 5.35. The fourth-order valence-electron chi connectivity index (χ4n) is 1.10. The molecule has 1 aromatic rings. The number of nitrogens with one attached hydrogen (secondary N) is 1. The number of carbonyl (C=O) groups is 1. The molecule has 1 rings (SSSR count). The molecule has 1 aromatic heterocycles. The molecule has 78 valence electrons. The maximum Gasteiger partial charge on any atom is 0.239 e. The first-order valence-corrected chi connectivity index (χ1v) is 5.03. The summed E-state index contributed by atoms with van der Waals surface area (Å²) in [6.45, 7) is 5.06. The van der Waals surface area contributed by atoms with Crippen LogP contribution in [0.25, 0.3) is 0 Å². The fourth-order valence-corrected chi connectivity index (χ4v) is 1.16. The van der Waals surface area contributed by atoms with Crippen LogP contribution in [0.4, 0.5) is 5.69 Å². The van der Waals surface area contributed by atoms with Gasteiger partial charge in [0.2, 0.25) is 5.91 Å². The normalized spacial score (nSPS) is 10.6. The third kappa shape index (κ3) is 3.38. The van der Waals surface area contributed by atoms with Crippen LogP contribution >= 0.6 is 11.6 Å². The van der Waals surface area contributed by atoms with Crippen LogP contribution in [0, 0.1) is 5.92 Å². The van der Waals surface area contributed by atoms with Crippen molar-refractivity contribution in [1.82, 2.24) is 9.78 Å². The quantitative estimate of drug-likeness (QED) is 0.778. The minimum absolute atomic E-state index is 0.0324. The van der Waals surface area contributed by atoms with E-state index in [2.05, 4.69) is 24.3 Å². The third-order valence-electron chi connectivity index (χ3n) is 1.59. The molecule has 0 aliphatic carbocycles. The summed E-state index contributed by atoms with van der Waals surface area (Å²) in [5.74, 6) is 0.289. The molecule has 1 amide bonds. The zero-order chi connectivity index (χ0) is 10.6. The largest absolute Gasteiger partial charge is 0.322 e. The lowest BCUT2D eigenvalue weighted by atomic mass is 10.2. The second-order valence-corrected chi connectivity index (χ2v) is 3.79. The molecule has 1 heterocycles. The minimum Gasteiger partial charge on any atom is -0.322 e. The van der Waals surface area contributed by atoms with Crippen molar-refractivity contribution in [1.29, 1.82) is 0 Å². The van der Waals surface area contributed by atoms with Gasteiger partial charge in [0, 0.05) is 12.7 Å². The van der Waals surface area contributed by atoms with Crippen LogP contribution < -0.4 is 5.32 Å². The molecule has 1 N–H and O–H groups in total. The first kappa shape index (κ1) is 11.0. The molecular weight excluding hydrogens is 202 g/mol. The second-order valence-electron chi connectivity index (χ2n) is 3.53. The Morgan fingerprint density at radius 1 is 1.71 bits per heavy atom. The Hall–Kier alpha value is -1.03. The molecule has 14 heavy (non-hydrogen) atoms. The Balaban J connectivity index is 2.55. The number of nitrogens with zero attached hydrogens (tertiary/aromatic N) is 2. The molecule has 0 atom stereocenters. The lowest BCUT2D eigenvalue weighted by molar-refractivity contribution is -0.113. The number of aromatic nitrogens is 2. The monoisotopic (exact) mass is 215 g/mol. The Kier molecular flexibility index (Phi) is 3.95. The van der Waals surface area contributed by atoms with Gasteiger partial charge < -0.3 is 5.32 Å². The number of hydrogen-bond donors (Lipinski definition) is 1. The number of halogens is 1. The van der Waals surface area contributed by atoms with Crippen molar-refractivity contribution in [2.45, 2.75) is 20.4 Å². The van der Waals surface area contributed by atoms with Crippen molar-refractivity contribution in [3.05, 3.63) is 12.4 Å². The highest BCUT2D eigenvalue weighted by Gasteiger charge is 2.03. The first-order valence-electron chi connectivity index (χ1n) is 4.50. The molecule has 0 aliphatic heterocycles. The van der Waals surface area contributed by atoms with Crippen molar-refractivity contribution >= 4 is 23.2 Å². The van der Waals surface area contributed by atoms with Gasteiger partial charge in [0.15, 0.2) is 0 Å². The predicted molar refractivity (Wildman–Crippen MR) is 56.4 cm³/mol. The maximum atomic E-state index is 10.9. The number of anilines is 1. The number of rotatable bonds is 4. The summed E-state index contributed by atoms with van der Waals surface area (Å²) in [5, 5.41) is 6.73. The molecule has 0 unspecified atom stereocenters. The lowest BCUT2D eigenvalue weighted by Gasteiger charge is -2.03. The Bertz CT molecular complexity index is 309. The molecule has 0 radical (unpaired) electrons. The first-order chi connectivity index (χ1) is 6.61. The minimum atomic E-state index is -0.212. The van der Waals surface area contributed by atoms with Crippen molar-refractivity contribution < 1.29 is 4.79 Å². The smallest absolute Gasteiger partial charge is 0.239 e. The van der Waals surface area contributed by atoms with Gasteiger partial charge in [0.05, 0.1) is 11.9 Å². The highest BCUT2D eigenvalue weighted by molar-refractivity contribution is 6.29. The summed E-state index contributed by atoms with van der Waals surface area (Å²) in [7, 11) is 0. The van der Waals surface area contributed by atoms with Gasteiger partial charge in [-0.3, -0.25) is 9.48 Å². The predicted octanol–water partition coefficient (Wildman–Crippen LogP) is 1.72. The van der Waals surface area contributed by atoms with E-state index in [1.54, 1.807) is 17.1 Å². The van der Waals surface area contributed by atoms with E-state index in [1.165, 1.54) is 0 Å². The van der Waals surface area contributed by atoms with Gasteiger partial charge in [0.25, 0.3) is 0 Å². The molecule has 0 spiro atoms. The molecule has 0 saturated carbocycles. The summed E-state index contributed by atoms with van der Waals surface area (Å²) in [4.78, 5) is 10.9. The lowest BCUT2D eigenvalue weighted by Crippen LogP contribution is -2.12. The van der Waals surface area contributed by atoms with Crippen LogP contribution in [0.5, 0.6) is 0 Å². The van der Waals surface area contributed by atoms with Crippen LogP contribution in [-0.2, 0) is 11.3 Å². The van der Waals surface area contributed by atoms with E-state index in [4.69, 9.17) is 11.6 Å². The zero-order valence-electron chi connectivity index (χ0n) is 8.33. The van der Waals surface area contributed by atoms with Crippen LogP contribution in [-0.4, -0.2) is 21.6 Å². The van der Waals surface area contributed by atoms with Gasteiger partial charge in [-0.25, -0.2) is 0 Å². The molecule has 0 saturated heterocycles. The Morgan fingerprint density at radius 2 is 2.43 bits per heavy atom. The average molecular weight is 216 g/mol. The molecule has 5 heteroatoms. The van der Waals surface area contributed by atoms with Crippen molar-refractivity contribution in [2.75, 3.05) is 11.2 Å². The van der Waals surface area contributed by atoms with E-state index in [1.807, 2.05) is 0 Å². The third-order valence-corrected chi connectivity index (χ3v) is 1.83. The van der Waals surface area contributed by atoms with Gasteiger partial charge in [0.1, 0.15) is 5.88 Å². The molecule has 0 bridgehead atoms. The number of hydrogen-bond acceptors (Lipinski definition) is 2. The molecule has 0 fully saturated rings. The maximum absolute atomic E-state index is 10.9. The topological polar surface area (TPSA) is 46.9 Å². The Morgan fingerprint density at radius 3 is 3.00 bits per heavy atom. The number of alkyl halides is 1. The molecule has 0 aliphatic rings. The van der Waals surface area contributed by atoms with Crippen molar-refractivity contribution in [3.8, 4) is 0 Å². The molecule has 4 nitrogen and oxygen atoms in total. The Labute approximate surface area is 88.2 Å². The van der Waals surface area contributed by atoms with E-state index in [-0.39, 0.29) is 11.8 Å². The zero-order valence-corrected chi connectivity index (χ0v) is 9.08. The average Bonchev–Trinajstić information content (AvgIpc) is 2.51. The number of carbonyl (C=O) groups excluding carboxylic acids is 1. The summed E-state index contributed by atoms with van der Waals surface area (Å²) < 4.78 is 1.80. The van der Waals surface area contributed by atoms with Crippen LogP contribution in [0.3, 0.4) is 0 Å². The van der Waals surface area contributed by atoms with Crippen LogP contribution in [0.1, 0.15) is 13.8 Å². The van der Waals surface area contributed by atoms with Crippen molar-refractivity contribution in [2.24, 2.45) is 5.92 Å². The van der Waals surface area contributed by atoms with Gasteiger partial charge in [-0.1, -0.05) is 13.8 Å². The van der Waals surface area contributed by atoms with E-state index in [0.717, 1.165) is 6.54 Å². The van der Waals surface area contributed by atoms with E-state index in [0.29, 0.717) is 11.6 Å².